The summed E-state index contributed by atoms with van der Waals surface area (Å²) in [7, 11) is 0. The van der Waals surface area contributed by atoms with E-state index in [-0.39, 0.29) is 35.7 Å². The fourth-order valence-electron chi connectivity index (χ4n) is 7.28. The number of allylic oxidation sites excluding steroid dienone is 1. The third-order valence-electron chi connectivity index (χ3n) is 8.61. The van der Waals surface area contributed by atoms with Crippen molar-refractivity contribution in [2.24, 2.45) is 28.6 Å². The number of hydrogen-bond donors (Lipinski definition) is 2. The molecule has 0 aromatic carbocycles. The second-order valence-electron chi connectivity index (χ2n) is 9.63. The molecule has 0 aromatic heterocycles. The maximum Gasteiger partial charge on any atom is 0.161 e. The number of fused-ring (bicyclic) bond motifs is 5. The average Bonchev–Trinajstić information content (AvgIpc) is 2.81. The van der Waals surface area contributed by atoms with Gasteiger partial charge in [0.1, 0.15) is 11.8 Å². The van der Waals surface area contributed by atoms with Crippen molar-refractivity contribution in [1.82, 2.24) is 0 Å². The predicted molar refractivity (Wildman–Crippen MR) is 94.0 cm³/mol. The van der Waals surface area contributed by atoms with E-state index >= 15 is 4.39 Å². The number of alkyl halides is 1. The largest absolute Gasteiger partial charge is 0.393 e. The van der Waals surface area contributed by atoms with E-state index in [0.717, 1.165) is 0 Å². The van der Waals surface area contributed by atoms with Crippen molar-refractivity contribution in [3.05, 3.63) is 11.6 Å². The summed E-state index contributed by atoms with van der Waals surface area (Å²) in [5.41, 5.74) is -2.12. The Morgan fingerprint density at radius 3 is 2.65 bits per heavy atom. The molecule has 0 spiro atoms. The fourth-order valence-corrected chi connectivity index (χ4v) is 7.28. The minimum atomic E-state index is -1.44. The van der Waals surface area contributed by atoms with Gasteiger partial charge in [-0.05, 0) is 73.8 Å². The van der Waals surface area contributed by atoms with Crippen LogP contribution in [0.2, 0.25) is 0 Å². The predicted octanol–water partition coefficient (Wildman–Crippen LogP) is 2.76. The Morgan fingerprint density at radius 2 is 2.00 bits per heavy atom. The molecular formula is C21H29FO4. The van der Waals surface area contributed by atoms with E-state index in [0.29, 0.717) is 37.7 Å². The highest BCUT2D eigenvalue weighted by Crippen LogP contribution is 2.67. The molecule has 0 aromatic rings. The summed E-state index contributed by atoms with van der Waals surface area (Å²) >= 11 is 0. The Labute approximate surface area is 153 Å². The summed E-state index contributed by atoms with van der Waals surface area (Å²) in [5, 5.41) is 22.2. The molecular weight excluding hydrogens is 335 g/mol. The van der Waals surface area contributed by atoms with Crippen LogP contribution in [0.1, 0.15) is 59.3 Å². The minimum Gasteiger partial charge on any atom is -0.393 e. The molecule has 3 fully saturated rings. The monoisotopic (exact) mass is 364 g/mol. The van der Waals surface area contributed by atoms with Crippen LogP contribution in [0.15, 0.2) is 11.6 Å². The number of halogens is 1. The third kappa shape index (κ3) is 2.07. The fraction of sp³-hybridized carbons (Fsp3) is 0.810. The lowest BCUT2D eigenvalue weighted by Gasteiger charge is -2.60. The lowest BCUT2D eigenvalue weighted by atomic mass is 9.45. The van der Waals surface area contributed by atoms with E-state index in [1.165, 1.54) is 13.0 Å². The molecule has 3 saturated carbocycles. The molecule has 5 heteroatoms. The molecule has 0 heterocycles. The van der Waals surface area contributed by atoms with Crippen molar-refractivity contribution in [2.75, 3.05) is 0 Å². The molecule has 4 nitrogen and oxygen atoms in total. The van der Waals surface area contributed by atoms with E-state index in [1.54, 1.807) is 0 Å². The van der Waals surface area contributed by atoms with Crippen molar-refractivity contribution in [1.29, 1.82) is 0 Å². The molecule has 0 radical (unpaired) electrons. The summed E-state index contributed by atoms with van der Waals surface area (Å²) in [5.74, 6) is -0.473. The van der Waals surface area contributed by atoms with Crippen molar-refractivity contribution >= 4 is 11.6 Å². The van der Waals surface area contributed by atoms with Gasteiger partial charge in [0.15, 0.2) is 11.6 Å². The van der Waals surface area contributed by atoms with Crippen LogP contribution in [0.25, 0.3) is 0 Å². The number of carbonyl (C=O) groups excluding carboxylic acids is 2. The van der Waals surface area contributed by atoms with Crippen LogP contribution >= 0.6 is 0 Å². The van der Waals surface area contributed by atoms with Crippen molar-refractivity contribution < 1.29 is 24.2 Å². The number of aliphatic hydroxyl groups excluding tert-OH is 1. The molecule has 0 saturated heterocycles. The zero-order valence-electron chi connectivity index (χ0n) is 15.8. The Bertz CT molecular complexity index is 702. The van der Waals surface area contributed by atoms with Gasteiger partial charge in [0, 0.05) is 11.8 Å². The number of carbonyl (C=O) groups is 2. The van der Waals surface area contributed by atoms with Crippen molar-refractivity contribution in [2.45, 2.75) is 77.2 Å². The Balaban J connectivity index is 1.79. The molecule has 4 rings (SSSR count). The van der Waals surface area contributed by atoms with Crippen LogP contribution in [0.4, 0.5) is 4.39 Å². The van der Waals surface area contributed by atoms with E-state index in [4.69, 9.17) is 0 Å². The first-order chi connectivity index (χ1) is 12.0. The van der Waals surface area contributed by atoms with Crippen LogP contribution in [0.3, 0.4) is 0 Å². The van der Waals surface area contributed by atoms with E-state index in [9.17, 15) is 19.8 Å². The SMILES string of the molecule is CC(=O)C1(O)CCC2C3CC(F)C4=CC(=O)CCC4(C)C3C(O)CC21C. The molecule has 2 N–H and O–H groups in total. The summed E-state index contributed by atoms with van der Waals surface area (Å²) in [6.07, 6.45) is 2.22. The lowest BCUT2D eigenvalue weighted by molar-refractivity contribution is -0.182. The van der Waals surface area contributed by atoms with Gasteiger partial charge in [0.25, 0.3) is 0 Å². The quantitative estimate of drug-likeness (QED) is 0.750. The normalized spacial score (nSPS) is 53.4. The van der Waals surface area contributed by atoms with Gasteiger partial charge >= 0.3 is 0 Å². The third-order valence-corrected chi connectivity index (χ3v) is 8.61. The first-order valence-electron chi connectivity index (χ1n) is 9.85. The summed E-state index contributed by atoms with van der Waals surface area (Å²) in [6, 6.07) is 0. The first-order valence-corrected chi connectivity index (χ1v) is 9.85. The van der Waals surface area contributed by atoms with Gasteiger partial charge in [-0.25, -0.2) is 4.39 Å². The van der Waals surface area contributed by atoms with Crippen LogP contribution < -0.4 is 0 Å². The molecule has 144 valence electrons. The average molecular weight is 364 g/mol. The molecule has 4 aliphatic rings. The standard InChI is InChI=1S/C21H29FO4/c1-11(23)21(26)7-5-14-13-9-16(22)15-8-12(24)4-6-19(15,2)18(13)17(25)10-20(14,21)3/h8,13-14,16-18,25-26H,4-7,9-10H2,1-3H3. The highest BCUT2D eigenvalue weighted by atomic mass is 19.1. The van der Waals surface area contributed by atoms with E-state index < -0.39 is 28.7 Å². The Morgan fingerprint density at radius 1 is 1.31 bits per heavy atom. The van der Waals surface area contributed by atoms with E-state index in [1.807, 2.05) is 13.8 Å². The van der Waals surface area contributed by atoms with Crippen LogP contribution in [0.5, 0.6) is 0 Å². The molecule has 0 bridgehead atoms. The highest BCUT2D eigenvalue weighted by molar-refractivity contribution is 5.92. The lowest BCUT2D eigenvalue weighted by Crippen LogP contribution is -2.62. The molecule has 0 amide bonds. The molecule has 4 aliphatic carbocycles. The van der Waals surface area contributed by atoms with Gasteiger partial charge in [-0.1, -0.05) is 13.8 Å². The topological polar surface area (TPSA) is 74.6 Å². The number of rotatable bonds is 1. The number of aliphatic hydroxyl groups is 2. The van der Waals surface area contributed by atoms with Crippen LogP contribution in [-0.2, 0) is 9.59 Å². The smallest absolute Gasteiger partial charge is 0.161 e. The van der Waals surface area contributed by atoms with Gasteiger partial charge in [-0.3, -0.25) is 9.59 Å². The molecule has 26 heavy (non-hydrogen) atoms. The van der Waals surface area contributed by atoms with Crippen molar-refractivity contribution in [3.63, 3.8) is 0 Å². The molecule has 8 unspecified atom stereocenters. The van der Waals surface area contributed by atoms with Gasteiger partial charge in [0.2, 0.25) is 0 Å². The van der Waals surface area contributed by atoms with E-state index in [2.05, 4.69) is 0 Å². The molecule has 8 atom stereocenters. The maximum atomic E-state index is 15.1. The van der Waals surface area contributed by atoms with Crippen LogP contribution in [0, 0.1) is 28.6 Å². The number of hydrogen-bond acceptors (Lipinski definition) is 4. The second kappa shape index (κ2) is 5.48. The first kappa shape index (κ1) is 18.3. The zero-order valence-corrected chi connectivity index (χ0v) is 15.8. The van der Waals surface area contributed by atoms with Gasteiger partial charge in [-0.2, -0.15) is 0 Å². The van der Waals surface area contributed by atoms with Crippen LogP contribution in [-0.4, -0.2) is 39.7 Å². The van der Waals surface area contributed by atoms with Gasteiger partial charge < -0.3 is 10.2 Å². The Kier molecular flexibility index (Phi) is 3.86. The molecule has 0 aliphatic heterocycles. The number of Topliss-reactive ketones (excluding diaryl/α,β-unsaturated/α-hetero) is 1. The second-order valence-corrected chi connectivity index (χ2v) is 9.63. The summed E-state index contributed by atoms with van der Waals surface area (Å²) in [4.78, 5) is 24.1. The Hall–Kier alpha value is -1.07. The van der Waals surface area contributed by atoms with Gasteiger partial charge in [-0.15, -0.1) is 0 Å². The summed E-state index contributed by atoms with van der Waals surface area (Å²) < 4.78 is 15.1. The van der Waals surface area contributed by atoms with Crippen molar-refractivity contribution in [3.8, 4) is 0 Å². The number of ketones is 2. The minimum absolute atomic E-state index is 0.0130. The highest BCUT2D eigenvalue weighted by Gasteiger charge is 2.68. The van der Waals surface area contributed by atoms with Gasteiger partial charge in [0.05, 0.1) is 6.10 Å². The maximum absolute atomic E-state index is 15.1. The summed E-state index contributed by atoms with van der Waals surface area (Å²) in [6.45, 7) is 5.31. The zero-order chi connectivity index (χ0) is 19.1.